The molecule has 1 atom stereocenters. The van der Waals surface area contributed by atoms with Crippen molar-refractivity contribution < 1.29 is 22.4 Å². The summed E-state index contributed by atoms with van der Waals surface area (Å²) in [4.78, 5) is 20.0. The van der Waals surface area contributed by atoms with Crippen LogP contribution in [-0.2, 0) is 11.0 Å². The fourth-order valence-electron chi connectivity index (χ4n) is 2.39. The fourth-order valence-corrected chi connectivity index (χ4v) is 3.17. The van der Waals surface area contributed by atoms with Gasteiger partial charge in [0.15, 0.2) is 5.16 Å². The average molecular weight is 421 g/mol. The number of amides is 1. The molecule has 0 unspecified atom stereocenters. The van der Waals surface area contributed by atoms with Gasteiger partial charge >= 0.3 is 6.18 Å². The van der Waals surface area contributed by atoms with Crippen LogP contribution in [0.1, 0.15) is 12.6 Å². The summed E-state index contributed by atoms with van der Waals surface area (Å²) < 4.78 is 53.5. The minimum absolute atomic E-state index is 0.0140. The second-order valence-corrected chi connectivity index (χ2v) is 7.32. The SMILES string of the molecule is C[C@H](Sc1nc(-c2ccccc2)cc(C(F)(F)F)n1)C(=O)Nc1ccccc1F. The Morgan fingerprint density at radius 2 is 1.69 bits per heavy atom. The monoisotopic (exact) mass is 421 g/mol. The van der Waals surface area contributed by atoms with E-state index in [-0.39, 0.29) is 16.5 Å². The molecule has 0 aliphatic rings. The van der Waals surface area contributed by atoms with E-state index in [2.05, 4.69) is 15.3 Å². The van der Waals surface area contributed by atoms with Crippen LogP contribution in [0.4, 0.5) is 23.2 Å². The maximum Gasteiger partial charge on any atom is 0.433 e. The van der Waals surface area contributed by atoms with E-state index in [1.165, 1.54) is 25.1 Å². The summed E-state index contributed by atoms with van der Waals surface area (Å²) >= 11 is 0.759. The predicted octanol–water partition coefficient (Wildman–Crippen LogP) is 5.42. The topological polar surface area (TPSA) is 54.9 Å². The summed E-state index contributed by atoms with van der Waals surface area (Å²) in [6, 6.07) is 14.8. The zero-order valence-electron chi connectivity index (χ0n) is 15.1. The van der Waals surface area contributed by atoms with Gasteiger partial charge in [-0.1, -0.05) is 54.2 Å². The number of rotatable bonds is 5. The summed E-state index contributed by atoms with van der Waals surface area (Å²) in [7, 11) is 0. The second-order valence-electron chi connectivity index (χ2n) is 6.01. The number of para-hydroxylation sites is 1. The van der Waals surface area contributed by atoms with Crippen LogP contribution in [0.3, 0.4) is 0 Å². The highest BCUT2D eigenvalue weighted by atomic mass is 32.2. The first-order valence-electron chi connectivity index (χ1n) is 8.48. The Labute approximate surface area is 168 Å². The Hall–Kier alpha value is -2.94. The standard InChI is InChI=1S/C20H15F4N3OS/c1-12(18(28)25-15-10-6-5-9-14(15)21)29-19-26-16(13-7-3-2-4-8-13)11-17(27-19)20(22,23)24/h2-12H,1H3,(H,25,28)/t12-/m0/s1. The number of nitrogens with one attached hydrogen (secondary N) is 1. The first-order valence-corrected chi connectivity index (χ1v) is 9.36. The Balaban J connectivity index is 1.85. The lowest BCUT2D eigenvalue weighted by Crippen LogP contribution is -2.23. The van der Waals surface area contributed by atoms with Crippen LogP contribution in [0.5, 0.6) is 0 Å². The van der Waals surface area contributed by atoms with E-state index >= 15 is 0 Å². The van der Waals surface area contributed by atoms with E-state index in [0.29, 0.717) is 5.56 Å². The first kappa shape index (κ1) is 20.8. The number of hydrogen-bond donors (Lipinski definition) is 1. The van der Waals surface area contributed by atoms with E-state index in [1.807, 2.05) is 0 Å². The molecule has 1 aromatic heterocycles. The fraction of sp³-hybridized carbons (Fsp3) is 0.150. The molecule has 0 saturated heterocycles. The molecule has 1 heterocycles. The largest absolute Gasteiger partial charge is 0.433 e. The quantitative estimate of drug-likeness (QED) is 0.340. The molecule has 4 nitrogen and oxygen atoms in total. The van der Waals surface area contributed by atoms with Crippen molar-refractivity contribution >= 4 is 23.4 Å². The number of benzene rings is 2. The second kappa shape index (κ2) is 8.60. The van der Waals surface area contributed by atoms with Crippen LogP contribution in [0.2, 0.25) is 0 Å². The minimum atomic E-state index is -4.67. The molecule has 0 radical (unpaired) electrons. The molecule has 150 valence electrons. The molecule has 2 aromatic carbocycles. The highest BCUT2D eigenvalue weighted by Gasteiger charge is 2.34. The molecule has 9 heteroatoms. The predicted molar refractivity (Wildman–Crippen MR) is 103 cm³/mol. The third-order valence-electron chi connectivity index (χ3n) is 3.85. The number of hydrogen-bond acceptors (Lipinski definition) is 4. The molecule has 1 amide bonds. The summed E-state index contributed by atoms with van der Waals surface area (Å²) in [6.07, 6.45) is -4.67. The zero-order valence-corrected chi connectivity index (χ0v) is 15.9. The van der Waals surface area contributed by atoms with Gasteiger partial charge in [0.05, 0.1) is 16.6 Å². The van der Waals surface area contributed by atoms with Gasteiger partial charge in [-0.05, 0) is 25.1 Å². The van der Waals surface area contributed by atoms with Gasteiger partial charge in [0.25, 0.3) is 0 Å². The Bertz CT molecular complexity index is 1010. The summed E-state index contributed by atoms with van der Waals surface area (Å²) in [5, 5.41) is 1.35. The van der Waals surface area contributed by atoms with Crippen molar-refractivity contribution in [3.8, 4) is 11.3 Å². The van der Waals surface area contributed by atoms with Gasteiger partial charge in [0.2, 0.25) is 5.91 Å². The first-order chi connectivity index (χ1) is 13.7. The summed E-state index contributed by atoms with van der Waals surface area (Å²) in [5.41, 5.74) is -0.529. The molecule has 0 aliphatic carbocycles. The Morgan fingerprint density at radius 3 is 2.34 bits per heavy atom. The van der Waals surface area contributed by atoms with Gasteiger partial charge in [-0.3, -0.25) is 4.79 Å². The van der Waals surface area contributed by atoms with Crippen molar-refractivity contribution in [3.63, 3.8) is 0 Å². The third-order valence-corrected chi connectivity index (χ3v) is 4.81. The van der Waals surface area contributed by atoms with Crippen molar-refractivity contribution in [1.29, 1.82) is 0 Å². The van der Waals surface area contributed by atoms with Crippen molar-refractivity contribution in [3.05, 3.63) is 72.2 Å². The van der Waals surface area contributed by atoms with Gasteiger partial charge < -0.3 is 5.32 Å². The highest BCUT2D eigenvalue weighted by Crippen LogP contribution is 2.33. The molecule has 1 N–H and O–H groups in total. The Morgan fingerprint density at radius 1 is 1.03 bits per heavy atom. The van der Waals surface area contributed by atoms with Crippen LogP contribution >= 0.6 is 11.8 Å². The molecule has 0 spiro atoms. The molecular weight excluding hydrogens is 406 g/mol. The molecule has 0 fully saturated rings. The van der Waals surface area contributed by atoms with Crippen molar-refractivity contribution in [2.75, 3.05) is 5.32 Å². The molecular formula is C20H15F4N3OS. The van der Waals surface area contributed by atoms with E-state index in [4.69, 9.17) is 0 Å². The lowest BCUT2D eigenvalue weighted by molar-refractivity contribution is -0.141. The molecule has 29 heavy (non-hydrogen) atoms. The maximum atomic E-state index is 13.7. The van der Waals surface area contributed by atoms with Crippen LogP contribution in [0.15, 0.2) is 65.8 Å². The molecule has 0 aliphatic heterocycles. The van der Waals surface area contributed by atoms with E-state index in [0.717, 1.165) is 17.8 Å². The lowest BCUT2D eigenvalue weighted by atomic mass is 10.1. The van der Waals surface area contributed by atoms with Crippen LogP contribution < -0.4 is 5.32 Å². The van der Waals surface area contributed by atoms with Gasteiger partial charge in [-0.15, -0.1) is 0 Å². The average Bonchev–Trinajstić information content (AvgIpc) is 2.69. The third kappa shape index (κ3) is 5.32. The van der Waals surface area contributed by atoms with Crippen molar-refractivity contribution in [2.24, 2.45) is 0 Å². The number of alkyl halides is 3. The minimum Gasteiger partial charge on any atom is -0.323 e. The van der Waals surface area contributed by atoms with Gasteiger partial charge in [-0.2, -0.15) is 13.2 Å². The van der Waals surface area contributed by atoms with Gasteiger partial charge in [0, 0.05) is 5.56 Å². The van der Waals surface area contributed by atoms with E-state index in [9.17, 15) is 22.4 Å². The smallest absolute Gasteiger partial charge is 0.323 e. The number of thioether (sulfide) groups is 1. The molecule has 0 saturated carbocycles. The maximum absolute atomic E-state index is 13.7. The molecule has 3 aromatic rings. The number of aromatic nitrogens is 2. The van der Waals surface area contributed by atoms with E-state index < -0.39 is 28.8 Å². The molecule has 0 bridgehead atoms. The highest BCUT2D eigenvalue weighted by molar-refractivity contribution is 8.00. The normalized spacial score (nSPS) is 12.4. The van der Waals surface area contributed by atoms with Crippen molar-refractivity contribution in [2.45, 2.75) is 23.5 Å². The lowest BCUT2D eigenvalue weighted by Gasteiger charge is -2.14. The van der Waals surface area contributed by atoms with E-state index in [1.54, 1.807) is 36.4 Å². The zero-order chi connectivity index (χ0) is 21.0. The van der Waals surface area contributed by atoms with Gasteiger partial charge in [-0.25, -0.2) is 14.4 Å². The molecule has 3 rings (SSSR count). The van der Waals surface area contributed by atoms with Crippen LogP contribution in [-0.4, -0.2) is 21.1 Å². The van der Waals surface area contributed by atoms with Crippen LogP contribution in [0, 0.1) is 5.82 Å². The number of carbonyl (C=O) groups is 1. The summed E-state index contributed by atoms with van der Waals surface area (Å²) in [5.74, 6) is -1.19. The van der Waals surface area contributed by atoms with Gasteiger partial charge in [0.1, 0.15) is 11.5 Å². The summed E-state index contributed by atoms with van der Waals surface area (Å²) in [6.45, 7) is 1.48. The number of carbonyl (C=O) groups excluding carboxylic acids is 1. The number of anilines is 1. The number of halogens is 4. The van der Waals surface area contributed by atoms with Crippen LogP contribution in [0.25, 0.3) is 11.3 Å². The number of nitrogens with zero attached hydrogens (tertiary/aromatic N) is 2. The van der Waals surface area contributed by atoms with Crippen molar-refractivity contribution in [1.82, 2.24) is 9.97 Å². The Kier molecular flexibility index (Phi) is 6.17.